The number of primary amides is 1. The molecule has 1 aliphatic heterocycles. The van der Waals surface area contributed by atoms with Gasteiger partial charge in [-0.05, 0) is 53.0 Å². The van der Waals surface area contributed by atoms with Crippen LogP contribution in [0.1, 0.15) is 28.9 Å². The Morgan fingerprint density at radius 2 is 1.92 bits per heavy atom. The van der Waals surface area contributed by atoms with Crippen LogP contribution in [0.25, 0.3) is 0 Å². The number of amides is 2. The van der Waals surface area contributed by atoms with E-state index in [4.69, 9.17) is 10.5 Å². The molecule has 1 atom stereocenters. The Bertz CT molecular complexity index is 1480. The molecule has 3 aromatic rings. The Kier molecular flexibility index (Phi) is 8.51. The fourth-order valence-electron chi connectivity index (χ4n) is 4.37. The third kappa shape index (κ3) is 6.53. The number of anilines is 2. The zero-order chi connectivity index (χ0) is 28.4. The van der Waals surface area contributed by atoms with Crippen LogP contribution < -0.4 is 16.0 Å². The number of thiazole rings is 1. The zero-order valence-electron chi connectivity index (χ0n) is 20.1. The highest BCUT2D eigenvalue weighted by Crippen LogP contribution is 2.47. The number of carbonyl (C=O) groups is 2. The highest BCUT2D eigenvalue weighted by molar-refractivity contribution is 9.11. The third-order valence-corrected chi connectivity index (χ3v) is 9.20. The summed E-state index contributed by atoms with van der Waals surface area (Å²) >= 11 is 4.26. The number of halogens is 4. The number of aromatic nitrogens is 1. The lowest BCUT2D eigenvalue weighted by Crippen LogP contribution is -2.39. The minimum absolute atomic E-state index is 0.00365. The largest absolute Gasteiger partial charge is 0.449 e. The van der Waals surface area contributed by atoms with Crippen LogP contribution in [0.4, 0.5) is 29.3 Å². The van der Waals surface area contributed by atoms with Crippen molar-refractivity contribution in [1.82, 2.24) is 4.98 Å². The van der Waals surface area contributed by atoms with Crippen LogP contribution in [-0.4, -0.2) is 45.1 Å². The van der Waals surface area contributed by atoms with E-state index in [-0.39, 0.29) is 41.9 Å². The van der Waals surface area contributed by atoms with Gasteiger partial charge in [0, 0.05) is 24.4 Å². The second-order valence-corrected chi connectivity index (χ2v) is 12.7. The summed E-state index contributed by atoms with van der Waals surface area (Å²) in [7, 11) is -4.61. The fraction of sp³-hybridized carbons (Fsp3) is 0.292. The van der Waals surface area contributed by atoms with Crippen molar-refractivity contribution in [3.63, 3.8) is 0 Å². The molecule has 0 saturated carbocycles. The van der Waals surface area contributed by atoms with E-state index in [9.17, 15) is 31.2 Å². The summed E-state index contributed by atoms with van der Waals surface area (Å²) in [5.41, 5.74) is 2.89. The quantitative estimate of drug-likeness (QED) is 0.355. The van der Waals surface area contributed by atoms with Crippen molar-refractivity contribution in [1.29, 1.82) is 0 Å². The molecule has 1 aliphatic rings. The van der Waals surface area contributed by atoms with E-state index in [1.165, 1.54) is 34.5 Å². The Labute approximate surface area is 234 Å². The molecule has 208 valence electrons. The maximum absolute atomic E-state index is 14.8. The molecule has 2 amide bonds. The number of nitrogens with zero attached hydrogens (tertiary/aromatic N) is 2. The standard InChI is InChI=1S/C24H22BrF3N4O5S2/c25-22-31-17(13-38-22)21(33)30-16-8-9-18(39(35,36)15-6-2-1-3-7-15)19(24(26,27)28)20(16)32-10-4-5-14(11-32)12-37-23(29)34/h1-3,6-9,13-14H,4-5,10-12H2,(H2,29,34)(H,30,33)/t14-/m0/s1. The first-order chi connectivity index (χ1) is 18.4. The predicted molar refractivity (Wildman–Crippen MR) is 142 cm³/mol. The Balaban J connectivity index is 1.88. The zero-order valence-corrected chi connectivity index (χ0v) is 23.3. The second-order valence-electron chi connectivity index (χ2n) is 8.67. The number of carbonyl (C=O) groups excluding carboxylic acids is 2. The average Bonchev–Trinajstić information content (AvgIpc) is 3.33. The van der Waals surface area contributed by atoms with Gasteiger partial charge in [-0.3, -0.25) is 4.79 Å². The number of ether oxygens (including phenoxy) is 1. The molecule has 0 spiro atoms. The summed E-state index contributed by atoms with van der Waals surface area (Å²) in [4.78, 5) is 28.1. The van der Waals surface area contributed by atoms with Crippen molar-refractivity contribution in [2.24, 2.45) is 11.7 Å². The van der Waals surface area contributed by atoms with Crippen LogP contribution in [0, 0.1) is 5.92 Å². The molecule has 3 N–H and O–H groups in total. The monoisotopic (exact) mass is 646 g/mol. The van der Waals surface area contributed by atoms with Crippen LogP contribution >= 0.6 is 27.3 Å². The Morgan fingerprint density at radius 3 is 2.54 bits per heavy atom. The second kappa shape index (κ2) is 11.5. The van der Waals surface area contributed by atoms with Crippen LogP contribution in [0.15, 0.2) is 61.6 Å². The van der Waals surface area contributed by atoms with Gasteiger partial charge in [0.1, 0.15) is 5.69 Å². The van der Waals surface area contributed by atoms with Crippen molar-refractivity contribution in [3.05, 3.63) is 63.0 Å². The number of sulfone groups is 1. The van der Waals surface area contributed by atoms with E-state index >= 15 is 0 Å². The van der Waals surface area contributed by atoms with E-state index in [0.717, 1.165) is 23.5 Å². The first kappa shape index (κ1) is 28.8. The van der Waals surface area contributed by atoms with E-state index in [1.807, 2.05) is 0 Å². The number of benzene rings is 2. The maximum Gasteiger partial charge on any atom is 0.419 e. The SMILES string of the molecule is NC(=O)OC[C@H]1CCCN(c2c(NC(=O)c3csc(Br)n3)ccc(S(=O)(=O)c3ccccc3)c2C(F)(F)F)C1. The number of alkyl halides is 3. The fourth-order valence-corrected chi connectivity index (χ4v) is 6.86. The summed E-state index contributed by atoms with van der Waals surface area (Å²) < 4.78 is 76.6. The lowest BCUT2D eigenvalue weighted by atomic mass is 9.97. The van der Waals surface area contributed by atoms with Crippen LogP contribution in [-0.2, 0) is 20.8 Å². The molecule has 39 heavy (non-hydrogen) atoms. The number of hydrogen-bond donors (Lipinski definition) is 2. The van der Waals surface area contributed by atoms with Crippen molar-refractivity contribution in [3.8, 4) is 0 Å². The molecule has 1 aromatic heterocycles. The van der Waals surface area contributed by atoms with Gasteiger partial charge >= 0.3 is 12.3 Å². The molecule has 0 radical (unpaired) electrons. The van der Waals surface area contributed by atoms with Crippen molar-refractivity contribution >= 4 is 60.5 Å². The molecule has 1 saturated heterocycles. The van der Waals surface area contributed by atoms with Gasteiger partial charge in [0.15, 0.2) is 3.92 Å². The van der Waals surface area contributed by atoms with E-state index in [0.29, 0.717) is 16.8 Å². The first-order valence-corrected chi connectivity index (χ1v) is 14.7. The predicted octanol–water partition coefficient (Wildman–Crippen LogP) is 5.32. The minimum atomic E-state index is -5.12. The molecule has 9 nitrogen and oxygen atoms in total. The number of nitrogens with one attached hydrogen (secondary N) is 1. The van der Waals surface area contributed by atoms with E-state index < -0.39 is 44.2 Å². The summed E-state index contributed by atoms with van der Waals surface area (Å²) in [5.74, 6) is -1.14. The first-order valence-electron chi connectivity index (χ1n) is 11.5. The lowest BCUT2D eigenvalue weighted by molar-refractivity contribution is -0.139. The van der Waals surface area contributed by atoms with Gasteiger partial charge in [0.05, 0.1) is 33.3 Å². The highest BCUT2D eigenvalue weighted by Gasteiger charge is 2.43. The molecule has 0 aliphatic carbocycles. The third-order valence-electron chi connectivity index (χ3n) is 6.02. The van der Waals surface area contributed by atoms with E-state index in [1.54, 1.807) is 6.07 Å². The molecule has 15 heteroatoms. The van der Waals surface area contributed by atoms with Gasteiger partial charge in [0.25, 0.3) is 5.91 Å². The molecule has 2 heterocycles. The van der Waals surface area contributed by atoms with Gasteiger partial charge in [-0.1, -0.05) is 18.2 Å². The smallest absolute Gasteiger partial charge is 0.419 e. The Morgan fingerprint density at radius 1 is 1.21 bits per heavy atom. The molecule has 4 rings (SSSR count). The van der Waals surface area contributed by atoms with Crippen LogP contribution in [0.2, 0.25) is 0 Å². The van der Waals surface area contributed by atoms with Crippen LogP contribution in [0.5, 0.6) is 0 Å². The summed E-state index contributed by atoms with van der Waals surface area (Å²) in [5, 5.41) is 3.90. The van der Waals surface area contributed by atoms with Crippen molar-refractivity contribution < 1.29 is 35.9 Å². The number of nitrogens with two attached hydrogens (primary N) is 1. The molecular weight excluding hydrogens is 625 g/mol. The van der Waals surface area contributed by atoms with Crippen LogP contribution in [0.3, 0.4) is 0 Å². The van der Waals surface area contributed by atoms with Gasteiger partial charge in [-0.2, -0.15) is 13.2 Å². The molecule has 0 bridgehead atoms. The van der Waals surface area contributed by atoms with Crippen molar-refractivity contribution in [2.75, 3.05) is 29.9 Å². The summed E-state index contributed by atoms with van der Waals surface area (Å²) in [6, 6.07) is 8.78. The summed E-state index contributed by atoms with van der Waals surface area (Å²) in [6.45, 7) is 0.0101. The van der Waals surface area contributed by atoms with Gasteiger partial charge in [0.2, 0.25) is 9.84 Å². The lowest BCUT2D eigenvalue weighted by Gasteiger charge is -2.37. The van der Waals surface area contributed by atoms with Gasteiger partial charge in [-0.25, -0.2) is 18.2 Å². The Hall–Kier alpha value is -3.17. The van der Waals surface area contributed by atoms with Gasteiger partial charge in [-0.15, -0.1) is 11.3 Å². The average molecular weight is 647 g/mol. The topological polar surface area (TPSA) is 132 Å². The molecule has 1 fully saturated rings. The number of rotatable bonds is 7. The summed E-state index contributed by atoms with van der Waals surface area (Å²) in [6.07, 6.45) is -5.16. The number of hydrogen-bond acceptors (Lipinski definition) is 8. The molecular formula is C24H22BrF3N4O5S2. The maximum atomic E-state index is 14.8. The normalized spacial score (nSPS) is 16.1. The van der Waals surface area contributed by atoms with E-state index in [2.05, 4.69) is 26.2 Å². The highest BCUT2D eigenvalue weighted by atomic mass is 79.9. The number of piperidine rings is 1. The van der Waals surface area contributed by atoms with Crippen molar-refractivity contribution in [2.45, 2.75) is 28.8 Å². The molecule has 2 aromatic carbocycles. The minimum Gasteiger partial charge on any atom is -0.449 e. The van der Waals surface area contributed by atoms with Gasteiger partial charge < -0.3 is 20.7 Å². The molecule has 0 unspecified atom stereocenters.